The maximum atomic E-state index is 2.57. The van der Waals surface area contributed by atoms with Gasteiger partial charge in [0.2, 0.25) is 0 Å². The minimum atomic E-state index is -1.78. The fourth-order valence-corrected chi connectivity index (χ4v) is 24.4. The van der Waals surface area contributed by atoms with Gasteiger partial charge in [-0.1, -0.05) is 178 Å². The van der Waals surface area contributed by atoms with Crippen LogP contribution in [0, 0.1) is 0 Å². The molecule has 0 bridgehead atoms. The van der Waals surface area contributed by atoms with E-state index in [0.29, 0.717) is 0 Å². The molecule has 0 aromatic heterocycles. The number of fused-ring (bicyclic) bond motifs is 13. The van der Waals surface area contributed by atoms with Crippen molar-refractivity contribution < 1.29 is 0 Å². The highest BCUT2D eigenvalue weighted by molar-refractivity contribution is 8.34. The van der Waals surface area contributed by atoms with Crippen molar-refractivity contribution >= 4 is 96.3 Å². The van der Waals surface area contributed by atoms with Crippen molar-refractivity contribution in [3.8, 4) is 22.3 Å². The number of rotatable bonds is 5. The van der Waals surface area contributed by atoms with Crippen LogP contribution < -0.4 is 20.2 Å². The first kappa shape index (κ1) is 43.2. The Hall–Kier alpha value is -7.37. The highest BCUT2D eigenvalue weighted by Gasteiger charge is 2.47. The topological polar surface area (TPSA) is 6.48 Å². The zero-order valence-corrected chi connectivity index (χ0v) is 43.6. The normalized spacial score (nSPS) is 17.7. The molecule has 1 aliphatic carbocycles. The summed E-state index contributed by atoms with van der Waals surface area (Å²) in [5.41, 5.74) is 18.3. The van der Waals surface area contributed by atoms with Crippen LogP contribution in [0.4, 0.5) is 34.1 Å². The molecule has 2 saturated heterocycles. The zero-order chi connectivity index (χ0) is 48.5. The molecule has 0 atom stereocenters. The molecule has 354 valence electrons. The second-order valence-electron chi connectivity index (χ2n) is 21.9. The minimum Gasteiger partial charge on any atom is -0.311 e. The van der Waals surface area contributed by atoms with Gasteiger partial charge in [0, 0.05) is 38.0 Å². The van der Waals surface area contributed by atoms with Gasteiger partial charge in [0.1, 0.15) is 8.07 Å². The van der Waals surface area contributed by atoms with E-state index < -0.39 is 18.1 Å². The Kier molecular flexibility index (Phi) is 9.66. The fourth-order valence-electron chi connectivity index (χ4n) is 14.4. The Morgan fingerprint density at radius 3 is 1.68 bits per heavy atom. The molecule has 4 heteroatoms. The highest BCUT2D eigenvalue weighted by Crippen LogP contribution is 2.74. The number of hydrogen-bond donors (Lipinski definition) is 0. The first-order valence-electron chi connectivity index (χ1n) is 26.7. The molecule has 5 aliphatic rings. The standard InChI is InChI=1S/C69H58N2SSi/c1-69(2)59-43-47(28-36-57(59)58-38-35-53(46-60(58)69)70-61-19-5-9-23-65(61)72(39-13-14-40-72)66-24-10-6-20-62(66)70)27-29-48-33-37-55(56-18-4-3-17-54(48)56)51-31-30-50-45-52(34-32-49(50)44-51)71-63-21-7-11-25-67(63)73(41-15-16-42-73)68-26-12-8-22-64(68)71/h3-12,17-38,43-46H,13-16,39-42H2,1-2H3. The molecule has 15 rings (SSSR count). The molecule has 10 aromatic carbocycles. The minimum absolute atomic E-state index is 0.155. The van der Waals surface area contributed by atoms with Crippen LogP contribution >= 0.6 is 10.0 Å². The van der Waals surface area contributed by atoms with Crippen LogP contribution in [0.25, 0.3) is 56.0 Å². The second kappa shape index (κ2) is 16.3. The van der Waals surface area contributed by atoms with E-state index in [2.05, 4.69) is 242 Å². The molecule has 0 saturated carbocycles. The van der Waals surface area contributed by atoms with Crippen molar-refractivity contribution in [1.82, 2.24) is 0 Å². The van der Waals surface area contributed by atoms with Gasteiger partial charge in [0.15, 0.2) is 0 Å². The third kappa shape index (κ3) is 6.36. The zero-order valence-electron chi connectivity index (χ0n) is 41.7. The van der Waals surface area contributed by atoms with E-state index in [9.17, 15) is 0 Å². The third-order valence-corrected chi connectivity index (χ3v) is 27.5. The second-order valence-corrected chi connectivity index (χ2v) is 29.6. The van der Waals surface area contributed by atoms with E-state index >= 15 is 0 Å². The lowest BCUT2D eigenvalue weighted by Gasteiger charge is -2.47. The van der Waals surface area contributed by atoms with Gasteiger partial charge >= 0.3 is 0 Å². The molecular formula is C69H58N2SSi. The van der Waals surface area contributed by atoms with E-state index in [1.165, 1.54) is 149 Å². The van der Waals surface area contributed by atoms with E-state index in [4.69, 9.17) is 0 Å². The van der Waals surface area contributed by atoms with Crippen LogP contribution in [0.5, 0.6) is 0 Å². The first-order chi connectivity index (χ1) is 35.9. The fraction of sp³-hybridized carbons (Fsp3) is 0.159. The van der Waals surface area contributed by atoms with Gasteiger partial charge in [-0.05, 0) is 180 Å². The average Bonchev–Trinajstić information content (AvgIpc) is 4.20. The van der Waals surface area contributed by atoms with Gasteiger partial charge in [0.25, 0.3) is 0 Å². The summed E-state index contributed by atoms with van der Waals surface area (Å²) in [6.07, 6.45) is 9.98. The highest BCUT2D eigenvalue weighted by atomic mass is 32.3. The molecule has 0 radical (unpaired) electrons. The lowest BCUT2D eigenvalue weighted by atomic mass is 9.81. The summed E-state index contributed by atoms with van der Waals surface area (Å²) in [6.45, 7) is 4.84. The van der Waals surface area contributed by atoms with E-state index in [-0.39, 0.29) is 5.41 Å². The van der Waals surface area contributed by atoms with Crippen molar-refractivity contribution in [2.75, 3.05) is 21.3 Å². The Bertz CT molecular complexity index is 3850. The SMILES string of the molecule is CC1(C)c2cc(C=Cc3ccc(-c4ccc5cc(N6c7ccccc7[Si]7(CCCC7)c7ccccc76)ccc5c4)c4ccccc34)ccc2-c2ccc(N3c4ccccc4S4(CCCC4)c4ccccc43)cc21. The molecule has 4 heterocycles. The molecule has 10 aromatic rings. The molecule has 0 N–H and O–H groups in total. The Labute approximate surface area is 432 Å². The number of benzene rings is 10. The van der Waals surface area contributed by atoms with Gasteiger partial charge < -0.3 is 9.80 Å². The van der Waals surface area contributed by atoms with Crippen molar-refractivity contribution in [1.29, 1.82) is 0 Å². The quantitative estimate of drug-likeness (QED) is 0.125. The predicted molar refractivity (Wildman–Crippen MR) is 316 cm³/mol. The van der Waals surface area contributed by atoms with Gasteiger partial charge in [-0.15, -0.1) is 0 Å². The van der Waals surface area contributed by atoms with Crippen LogP contribution in [0.2, 0.25) is 12.1 Å². The Morgan fingerprint density at radius 2 is 0.973 bits per heavy atom. The maximum Gasteiger partial charge on any atom is 0.123 e. The molecular weight excluding hydrogens is 917 g/mol. The molecule has 0 amide bonds. The number of anilines is 6. The molecule has 2 fully saturated rings. The Morgan fingerprint density at radius 1 is 0.438 bits per heavy atom. The van der Waals surface area contributed by atoms with Crippen LogP contribution in [-0.2, 0) is 5.41 Å². The summed E-state index contributed by atoms with van der Waals surface area (Å²) in [7, 11) is -2.81. The maximum absolute atomic E-state index is 2.57. The van der Waals surface area contributed by atoms with E-state index in [0.717, 1.165) is 0 Å². The lowest BCUT2D eigenvalue weighted by Crippen LogP contribution is -2.60. The summed E-state index contributed by atoms with van der Waals surface area (Å²) < 4.78 is 0. The molecule has 73 heavy (non-hydrogen) atoms. The summed E-state index contributed by atoms with van der Waals surface area (Å²) in [5.74, 6) is 2.61. The summed E-state index contributed by atoms with van der Waals surface area (Å²) in [5, 5.41) is 8.29. The van der Waals surface area contributed by atoms with Crippen LogP contribution in [0.3, 0.4) is 0 Å². The van der Waals surface area contributed by atoms with Gasteiger partial charge in [0.05, 0.1) is 11.4 Å². The van der Waals surface area contributed by atoms with Crippen molar-refractivity contribution in [2.45, 2.75) is 66.8 Å². The molecule has 2 spiro atoms. The Balaban J connectivity index is 0.730. The van der Waals surface area contributed by atoms with Gasteiger partial charge in [-0.2, -0.15) is 10.0 Å². The number of nitrogens with zero attached hydrogens (tertiary/aromatic N) is 2. The average molecular weight is 975 g/mol. The van der Waals surface area contributed by atoms with Crippen molar-refractivity contribution in [2.24, 2.45) is 0 Å². The number of hydrogen-bond acceptors (Lipinski definition) is 2. The molecule has 4 aliphatic heterocycles. The van der Waals surface area contributed by atoms with Crippen molar-refractivity contribution in [3.05, 3.63) is 229 Å². The van der Waals surface area contributed by atoms with E-state index in [1.807, 2.05) is 0 Å². The monoisotopic (exact) mass is 974 g/mol. The predicted octanol–water partition coefficient (Wildman–Crippen LogP) is 18.1. The number of para-hydroxylation sites is 4. The largest absolute Gasteiger partial charge is 0.311 e. The third-order valence-electron chi connectivity index (χ3n) is 17.8. The van der Waals surface area contributed by atoms with Crippen LogP contribution in [0.1, 0.15) is 61.8 Å². The lowest BCUT2D eigenvalue weighted by molar-refractivity contribution is 0.660. The van der Waals surface area contributed by atoms with Crippen LogP contribution in [-0.4, -0.2) is 19.6 Å². The van der Waals surface area contributed by atoms with Gasteiger partial charge in [-0.25, -0.2) is 0 Å². The smallest absolute Gasteiger partial charge is 0.123 e. The van der Waals surface area contributed by atoms with E-state index in [1.54, 1.807) is 20.2 Å². The molecule has 2 nitrogen and oxygen atoms in total. The summed E-state index contributed by atoms with van der Waals surface area (Å²) in [4.78, 5) is 8.25. The molecule has 0 unspecified atom stereocenters. The van der Waals surface area contributed by atoms with Gasteiger partial charge in [-0.3, -0.25) is 0 Å². The summed E-state index contributed by atoms with van der Waals surface area (Å²) >= 11 is 0. The van der Waals surface area contributed by atoms with Crippen LogP contribution in [0.15, 0.2) is 216 Å². The van der Waals surface area contributed by atoms with Crippen molar-refractivity contribution in [3.63, 3.8) is 0 Å². The summed E-state index contributed by atoms with van der Waals surface area (Å²) in [6, 6.07) is 82.1. The first-order valence-corrected chi connectivity index (χ1v) is 31.1.